The first kappa shape index (κ1) is 22.5. The number of ether oxygens (including phenoxy) is 4. The Morgan fingerprint density at radius 2 is 1.48 bits per heavy atom. The van der Waals surface area contributed by atoms with Crippen molar-refractivity contribution < 1.29 is 49.6 Å². The summed E-state index contributed by atoms with van der Waals surface area (Å²) in [5, 5.41) is 59.9. The maximum absolute atomic E-state index is 10.5. The molecule has 10 heteroatoms. The van der Waals surface area contributed by atoms with Crippen LogP contribution < -0.4 is 0 Å². The van der Waals surface area contributed by atoms with Gasteiger partial charge in [-0.25, -0.2) is 0 Å². The summed E-state index contributed by atoms with van der Waals surface area (Å²) in [4.78, 5) is 0. The highest BCUT2D eigenvalue weighted by Gasteiger charge is 2.49. The Labute approximate surface area is 167 Å². The molecule has 29 heavy (non-hydrogen) atoms. The van der Waals surface area contributed by atoms with E-state index in [2.05, 4.69) is 0 Å². The molecule has 0 amide bonds. The second-order valence-electron chi connectivity index (χ2n) is 7.29. The highest BCUT2D eigenvalue weighted by molar-refractivity contribution is 5.13. The maximum atomic E-state index is 10.5. The highest BCUT2D eigenvalue weighted by Crippen LogP contribution is 2.29. The summed E-state index contributed by atoms with van der Waals surface area (Å²) < 4.78 is 22.0. The lowest BCUT2D eigenvalue weighted by atomic mass is 9.97. The Morgan fingerprint density at radius 1 is 0.828 bits per heavy atom. The number of rotatable bonds is 6. The van der Waals surface area contributed by atoms with Crippen molar-refractivity contribution in [2.24, 2.45) is 0 Å². The smallest absolute Gasteiger partial charge is 0.187 e. The molecule has 0 aromatic heterocycles. The van der Waals surface area contributed by atoms with Crippen molar-refractivity contribution in [3.63, 3.8) is 0 Å². The van der Waals surface area contributed by atoms with Gasteiger partial charge in [-0.05, 0) is 12.5 Å². The molecule has 0 spiro atoms. The second-order valence-corrected chi connectivity index (χ2v) is 7.29. The number of benzene rings is 1. The average Bonchev–Trinajstić information content (AvgIpc) is 2.73. The normalized spacial score (nSPS) is 43.3. The first-order chi connectivity index (χ1) is 13.8. The van der Waals surface area contributed by atoms with Gasteiger partial charge in [0.15, 0.2) is 12.6 Å². The third kappa shape index (κ3) is 4.94. The molecule has 164 valence electrons. The summed E-state index contributed by atoms with van der Waals surface area (Å²) >= 11 is 0. The van der Waals surface area contributed by atoms with Crippen LogP contribution in [-0.2, 0) is 25.6 Å². The van der Waals surface area contributed by atoms with E-state index in [1.807, 2.05) is 30.3 Å². The molecule has 1 aromatic carbocycles. The fourth-order valence-electron chi connectivity index (χ4n) is 3.42. The van der Waals surface area contributed by atoms with Crippen LogP contribution >= 0.6 is 0 Å². The van der Waals surface area contributed by atoms with Gasteiger partial charge in [0.05, 0.1) is 19.3 Å². The minimum absolute atomic E-state index is 0.167. The summed E-state index contributed by atoms with van der Waals surface area (Å²) in [6.45, 7) is 1.14. The number of hydrogen-bond acceptors (Lipinski definition) is 10. The summed E-state index contributed by atoms with van der Waals surface area (Å²) in [6.07, 6.45) is -13.2. The molecule has 3 rings (SSSR count). The van der Waals surface area contributed by atoms with Crippen LogP contribution in [0.5, 0.6) is 0 Å². The Morgan fingerprint density at radius 3 is 2.14 bits per heavy atom. The van der Waals surface area contributed by atoms with Gasteiger partial charge >= 0.3 is 0 Å². The van der Waals surface area contributed by atoms with Crippen molar-refractivity contribution in [2.75, 3.05) is 6.61 Å². The van der Waals surface area contributed by atoms with Crippen molar-refractivity contribution in [3.05, 3.63) is 35.9 Å². The largest absolute Gasteiger partial charge is 0.394 e. The zero-order valence-corrected chi connectivity index (χ0v) is 15.9. The topological polar surface area (TPSA) is 158 Å². The molecule has 0 aliphatic carbocycles. The van der Waals surface area contributed by atoms with Crippen LogP contribution in [0.2, 0.25) is 0 Å². The van der Waals surface area contributed by atoms with Gasteiger partial charge in [0.25, 0.3) is 0 Å². The van der Waals surface area contributed by atoms with Crippen molar-refractivity contribution >= 4 is 0 Å². The van der Waals surface area contributed by atoms with Gasteiger partial charge in [-0.2, -0.15) is 0 Å². The summed E-state index contributed by atoms with van der Waals surface area (Å²) in [5.41, 5.74) is 0.866. The lowest BCUT2D eigenvalue weighted by Crippen LogP contribution is -2.63. The number of hydrogen-bond donors (Lipinski definition) is 6. The first-order valence-corrected chi connectivity index (χ1v) is 9.46. The van der Waals surface area contributed by atoms with Crippen LogP contribution in [0.15, 0.2) is 30.3 Å². The van der Waals surface area contributed by atoms with E-state index in [1.165, 1.54) is 0 Å². The molecule has 2 aliphatic rings. The van der Waals surface area contributed by atoms with Crippen molar-refractivity contribution in [3.8, 4) is 0 Å². The van der Waals surface area contributed by atoms with Gasteiger partial charge in [-0.1, -0.05) is 30.3 Å². The quantitative estimate of drug-likeness (QED) is 0.302. The zero-order chi connectivity index (χ0) is 21.1. The van der Waals surface area contributed by atoms with E-state index in [0.29, 0.717) is 0 Å². The molecule has 2 saturated heterocycles. The van der Waals surface area contributed by atoms with Gasteiger partial charge in [0.1, 0.15) is 42.7 Å². The second kappa shape index (κ2) is 9.75. The SMILES string of the molecule is CC1OC(OCc2ccccc2)C(O)C(O)C1OC1OC(CO)C(O)C(O)C1O. The molecule has 0 radical (unpaired) electrons. The molecular formula is C19H28O10. The predicted octanol–water partition coefficient (Wildman–Crippen LogP) is -2.15. The minimum Gasteiger partial charge on any atom is -0.394 e. The Hall–Kier alpha value is -1.18. The van der Waals surface area contributed by atoms with Crippen LogP contribution in [-0.4, -0.2) is 98.7 Å². The number of aliphatic hydroxyl groups is 6. The summed E-state index contributed by atoms with van der Waals surface area (Å²) in [6, 6.07) is 9.25. The third-order valence-electron chi connectivity index (χ3n) is 5.17. The Bertz CT molecular complexity index is 629. The van der Waals surface area contributed by atoms with E-state index in [0.717, 1.165) is 5.56 Å². The monoisotopic (exact) mass is 416 g/mol. The van der Waals surface area contributed by atoms with E-state index in [-0.39, 0.29) is 6.61 Å². The lowest BCUT2D eigenvalue weighted by Gasteiger charge is -2.45. The molecule has 0 bridgehead atoms. The fourth-order valence-corrected chi connectivity index (χ4v) is 3.42. The van der Waals surface area contributed by atoms with Crippen molar-refractivity contribution in [1.29, 1.82) is 0 Å². The zero-order valence-electron chi connectivity index (χ0n) is 15.9. The van der Waals surface area contributed by atoms with Crippen molar-refractivity contribution in [2.45, 2.75) is 74.9 Å². The van der Waals surface area contributed by atoms with E-state index >= 15 is 0 Å². The molecule has 2 heterocycles. The van der Waals surface area contributed by atoms with Crippen LogP contribution in [0.4, 0.5) is 0 Å². The highest BCUT2D eigenvalue weighted by atomic mass is 16.7. The van der Waals surface area contributed by atoms with Crippen LogP contribution in [0, 0.1) is 0 Å². The van der Waals surface area contributed by atoms with Gasteiger partial charge in [-0.3, -0.25) is 0 Å². The summed E-state index contributed by atoms with van der Waals surface area (Å²) in [7, 11) is 0. The van der Waals surface area contributed by atoms with E-state index in [9.17, 15) is 30.6 Å². The molecule has 10 nitrogen and oxygen atoms in total. The van der Waals surface area contributed by atoms with Crippen LogP contribution in [0.1, 0.15) is 12.5 Å². The average molecular weight is 416 g/mol. The van der Waals surface area contributed by atoms with Crippen molar-refractivity contribution in [1.82, 2.24) is 0 Å². The fraction of sp³-hybridized carbons (Fsp3) is 0.684. The van der Waals surface area contributed by atoms with E-state index in [4.69, 9.17) is 18.9 Å². The molecule has 1 aromatic rings. The van der Waals surface area contributed by atoms with E-state index < -0.39 is 68.0 Å². The number of aliphatic hydroxyl groups excluding tert-OH is 6. The molecule has 2 fully saturated rings. The van der Waals surface area contributed by atoms with Gasteiger partial charge in [0, 0.05) is 0 Å². The minimum atomic E-state index is -1.63. The molecule has 10 atom stereocenters. The standard InChI is InChI=1S/C19H28O10/c1-9-17(29-19-15(24)13(22)12(21)11(7-20)28-19)14(23)16(25)18(27-9)26-8-10-5-3-2-4-6-10/h2-6,9,11-25H,7-8H2,1H3. The molecular weight excluding hydrogens is 388 g/mol. The first-order valence-electron chi connectivity index (χ1n) is 9.46. The van der Waals surface area contributed by atoms with Crippen LogP contribution in [0.25, 0.3) is 0 Å². The molecule has 10 unspecified atom stereocenters. The third-order valence-corrected chi connectivity index (χ3v) is 5.17. The van der Waals surface area contributed by atoms with Crippen LogP contribution in [0.3, 0.4) is 0 Å². The molecule has 6 N–H and O–H groups in total. The van der Waals surface area contributed by atoms with Gasteiger partial charge in [-0.15, -0.1) is 0 Å². The Kier molecular flexibility index (Phi) is 7.57. The lowest BCUT2D eigenvalue weighted by molar-refractivity contribution is -0.356. The summed E-state index contributed by atoms with van der Waals surface area (Å²) in [5.74, 6) is 0. The maximum Gasteiger partial charge on any atom is 0.187 e. The predicted molar refractivity (Wildman–Crippen MR) is 96.2 cm³/mol. The molecule has 2 aliphatic heterocycles. The van der Waals surface area contributed by atoms with Gasteiger partial charge < -0.3 is 49.6 Å². The Balaban J connectivity index is 1.61. The molecule has 0 saturated carbocycles. The van der Waals surface area contributed by atoms with E-state index in [1.54, 1.807) is 6.92 Å². The van der Waals surface area contributed by atoms with Gasteiger partial charge in [0.2, 0.25) is 0 Å².